The first kappa shape index (κ1) is 18.1. The number of nitrogens with zero attached hydrogens (tertiary/aromatic N) is 1. The number of hydrogen-bond acceptors (Lipinski definition) is 4. The molecule has 4 rings (SSSR count). The van der Waals surface area contributed by atoms with E-state index < -0.39 is 0 Å². The van der Waals surface area contributed by atoms with Crippen LogP contribution in [0.1, 0.15) is 16.5 Å². The fraction of sp³-hybridized carbons (Fsp3) is 0.238. The van der Waals surface area contributed by atoms with E-state index in [0.29, 0.717) is 6.04 Å². The molecule has 134 valence electrons. The summed E-state index contributed by atoms with van der Waals surface area (Å²) in [6.45, 7) is 4.24. The summed E-state index contributed by atoms with van der Waals surface area (Å²) in [5.41, 5.74) is 1.39. The molecule has 1 N–H and O–H groups in total. The Bertz CT molecular complexity index is 827. The molecule has 1 saturated heterocycles. The predicted octanol–water partition coefficient (Wildman–Crippen LogP) is 5.55. The van der Waals surface area contributed by atoms with E-state index in [-0.39, 0.29) is 0 Å². The Morgan fingerprint density at radius 3 is 2.46 bits per heavy atom. The maximum absolute atomic E-state index is 6.05. The topological polar surface area (TPSA) is 15.3 Å². The normalized spacial score (nSPS) is 16.5. The van der Waals surface area contributed by atoms with Crippen molar-refractivity contribution in [3.8, 4) is 0 Å². The lowest BCUT2D eigenvalue weighted by molar-refractivity contribution is 0.199. The summed E-state index contributed by atoms with van der Waals surface area (Å²) in [5, 5.41) is 6.43. The van der Waals surface area contributed by atoms with Crippen LogP contribution in [0.15, 0.2) is 75.8 Å². The smallest absolute Gasteiger partial charge is 0.0707 e. The average molecular weight is 401 g/mol. The molecule has 0 unspecified atom stereocenters. The van der Waals surface area contributed by atoms with E-state index in [9.17, 15) is 0 Å². The third kappa shape index (κ3) is 4.16. The van der Waals surface area contributed by atoms with Gasteiger partial charge in [-0.05, 0) is 47.3 Å². The molecule has 26 heavy (non-hydrogen) atoms. The zero-order valence-electron chi connectivity index (χ0n) is 14.4. The zero-order chi connectivity index (χ0) is 17.8. The molecule has 1 atom stereocenters. The molecular formula is C21H21ClN2S2. The molecule has 1 aliphatic rings. The highest BCUT2D eigenvalue weighted by Gasteiger charge is 2.26. The molecule has 0 saturated carbocycles. The van der Waals surface area contributed by atoms with Gasteiger partial charge < -0.3 is 5.32 Å². The molecule has 0 spiro atoms. The quantitative estimate of drug-likeness (QED) is 0.604. The third-order valence-electron chi connectivity index (χ3n) is 4.58. The van der Waals surface area contributed by atoms with Crippen molar-refractivity contribution in [2.75, 3.05) is 26.2 Å². The van der Waals surface area contributed by atoms with Gasteiger partial charge in [0.2, 0.25) is 0 Å². The second-order valence-electron chi connectivity index (χ2n) is 6.30. The largest absolute Gasteiger partial charge is 0.314 e. The molecule has 2 aromatic carbocycles. The van der Waals surface area contributed by atoms with Gasteiger partial charge in [-0.15, -0.1) is 11.3 Å². The van der Waals surface area contributed by atoms with Crippen molar-refractivity contribution in [2.45, 2.75) is 15.8 Å². The van der Waals surface area contributed by atoms with Crippen molar-refractivity contribution < 1.29 is 0 Å². The summed E-state index contributed by atoms with van der Waals surface area (Å²) in [4.78, 5) is 6.54. The Morgan fingerprint density at radius 2 is 1.73 bits per heavy atom. The number of nitrogens with one attached hydrogen (secondary N) is 1. The first-order chi connectivity index (χ1) is 12.8. The minimum atomic E-state index is 0.313. The molecule has 1 aliphatic heterocycles. The summed E-state index contributed by atoms with van der Waals surface area (Å²) < 4.78 is 0. The SMILES string of the molecule is Clc1ccc(Sc2ccccc2[C@@H](c2cccs2)N2CCNCC2)cc1. The minimum absolute atomic E-state index is 0.313. The van der Waals surface area contributed by atoms with Crippen LogP contribution in [0.25, 0.3) is 0 Å². The van der Waals surface area contributed by atoms with E-state index in [1.165, 1.54) is 20.2 Å². The molecule has 5 heteroatoms. The Kier molecular flexibility index (Phi) is 5.98. The molecule has 1 aromatic heterocycles. The first-order valence-corrected chi connectivity index (χ1v) is 10.9. The van der Waals surface area contributed by atoms with Gasteiger partial charge in [0, 0.05) is 45.9 Å². The van der Waals surface area contributed by atoms with E-state index in [1.807, 2.05) is 35.2 Å². The lowest BCUT2D eigenvalue weighted by atomic mass is 10.0. The molecule has 0 amide bonds. The molecule has 2 nitrogen and oxygen atoms in total. The average Bonchev–Trinajstić information content (AvgIpc) is 3.20. The lowest BCUT2D eigenvalue weighted by Crippen LogP contribution is -2.45. The van der Waals surface area contributed by atoms with Gasteiger partial charge in [-0.1, -0.05) is 47.6 Å². The molecule has 0 radical (unpaired) electrons. The fourth-order valence-electron chi connectivity index (χ4n) is 3.35. The lowest BCUT2D eigenvalue weighted by Gasteiger charge is -2.35. The summed E-state index contributed by atoms with van der Waals surface area (Å²) in [6, 6.07) is 21.6. The number of thiophene rings is 1. The van der Waals surface area contributed by atoms with Crippen LogP contribution in [-0.2, 0) is 0 Å². The van der Waals surface area contributed by atoms with Crippen molar-refractivity contribution in [2.24, 2.45) is 0 Å². The monoisotopic (exact) mass is 400 g/mol. The van der Waals surface area contributed by atoms with Gasteiger partial charge in [-0.25, -0.2) is 0 Å². The highest BCUT2D eigenvalue weighted by molar-refractivity contribution is 7.99. The van der Waals surface area contributed by atoms with Crippen LogP contribution in [0, 0.1) is 0 Å². The summed E-state index contributed by atoms with van der Waals surface area (Å²) in [5.74, 6) is 0. The van der Waals surface area contributed by atoms with Crippen LogP contribution in [0.5, 0.6) is 0 Å². The Morgan fingerprint density at radius 1 is 0.962 bits per heavy atom. The highest BCUT2D eigenvalue weighted by Crippen LogP contribution is 2.39. The summed E-state index contributed by atoms with van der Waals surface area (Å²) in [7, 11) is 0. The number of halogens is 1. The summed E-state index contributed by atoms with van der Waals surface area (Å²) >= 11 is 9.71. The van der Waals surface area contributed by atoms with E-state index in [0.717, 1.165) is 31.2 Å². The van der Waals surface area contributed by atoms with Crippen molar-refractivity contribution in [1.29, 1.82) is 0 Å². The fourth-order valence-corrected chi connectivity index (χ4v) is 5.32. The second-order valence-corrected chi connectivity index (χ2v) is 8.83. The predicted molar refractivity (Wildman–Crippen MR) is 113 cm³/mol. The van der Waals surface area contributed by atoms with Gasteiger partial charge in [0.15, 0.2) is 0 Å². The third-order valence-corrected chi connectivity index (χ3v) is 6.86. The van der Waals surface area contributed by atoms with Gasteiger partial charge >= 0.3 is 0 Å². The van der Waals surface area contributed by atoms with Crippen LogP contribution < -0.4 is 5.32 Å². The van der Waals surface area contributed by atoms with Crippen LogP contribution in [0.4, 0.5) is 0 Å². The maximum atomic E-state index is 6.05. The van der Waals surface area contributed by atoms with Crippen LogP contribution >= 0.6 is 34.7 Å². The number of rotatable bonds is 5. The number of piperazine rings is 1. The second kappa shape index (κ2) is 8.59. The van der Waals surface area contributed by atoms with E-state index in [1.54, 1.807) is 0 Å². The first-order valence-electron chi connectivity index (χ1n) is 8.82. The number of hydrogen-bond donors (Lipinski definition) is 1. The van der Waals surface area contributed by atoms with Crippen LogP contribution in [0.2, 0.25) is 5.02 Å². The van der Waals surface area contributed by atoms with Crippen molar-refractivity contribution in [3.63, 3.8) is 0 Å². The molecule has 3 aromatic rings. The van der Waals surface area contributed by atoms with Gasteiger partial charge in [0.1, 0.15) is 0 Å². The Labute approximate surface area is 168 Å². The standard InChI is InChI=1S/C21H21ClN2S2/c22-16-7-9-17(10-8-16)26-19-5-2-1-4-18(19)21(20-6-3-15-25-20)24-13-11-23-12-14-24/h1-10,15,21,23H,11-14H2/t21-/m0/s1. The van der Waals surface area contributed by atoms with Crippen LogP contribution in [-0.4, -0.2) is 31.1 Å². The molecule has 2 heterocycles. The molecular weight excluding hydrogens is 380 g/mol. The maximum Gasteiger partial charge on any atom is 0.0707 e. The molecule has 0 aliphatic carbocycles. The van der Waals surface area contributed by atoms with E-state index >= 15 is 0 Å². The van der Waals surface area contributed by atoms with Gasteiger partial charge in [0.25, 0.3) is 0 Å². The minimum Gasteiger partial charge on any atom is -0.314 e. The van der Waals surface area contributed by atoms with Crippen molar-refractivity contribution in [3.05, 3.63) is 81.5 Å². The van der Waals surface area contributed by atoms with E-state index in [4.69, 9.17) is 11.6 Å². The van der Waals surface area contributed by atoms with Crippen LogP contribution in [0.3, 0.4) is 0 Å². The van der Waals surface area contributed by atoms with Gasteiger partial charge in [-0.2, -0.15) is 0 Å². The number of benzene rings is 2. The Balaban J connectivity index is 1.70. The highest BCUT2D eigenvalue weighted by atomic mass is 35.5. The summed E-state index contributed by atoms with van der Waals surface area (Å²) in [6.07, 6.45) is 0. The molecule has 1 fully saturated rings. The van der Waals surface area contributed by atoms with Crippen molar-refractivity contribution in [1.82, 2.24) is 10.2 Å². The van der Waals surface area contributed by atoms with Gasteiger partial charge in [-0.3, -0.25) is 4.90 Å². The van der Waals surface area contributed by atoms with Crippen molar-refractivity contribution >= 4 is 34.7 Å². The molecule has 0 bridgehead atoms. The van der Waals surface area contributed by atoms with Gasteiger partial charge in [0.05, 0.1) is 6.04 Å². The van der Waals surface area contributed by atoms with E-state index in [2.05, 4.69) is 64.1 Å². The Hall–Kier alpha value is -1.30. The zero-order valence-corrected chi connectivity index (χ0v) is 16.8.